The summed E-state index contributed by atoms with van der Waals surface area (Å²) in [4.78, 5) is 2.42. The van der Waals surface area contributed by atoms with Crippen molar-refractivity contribution in [2.75, 3.05) is 4.90 Å². The molecule has 13 aromatic rings. The summed E-state index contributed by atoms with van der Waals surface area (Å²) < 4.78 is 2.40. The number of nitrogens with zero attached hydrogens (tertiary/aromatic N) is 2. The molecule has 0 radical (unpaired) electrons. The Morgan fingerprint density at radius 1 is 0.282 bits per heavy atom. The number of fused-ring (bicyclic) bond motifs is 5. The quantitative estimate of drug-likeness (QED) is 0.0980. The van der Waals surface area contributed by atoms with Crippen LogP contribution in [0.4, 0.5) is 17.1 Å². The molecule has 0 saturated heterocycles. The molecule has 13 rings (SSSR count). The van der Waals surface area contributed by atoms with Gasteiger partial charge in [0, 0.05) is 33.5 Å². The molecule has 0 aliphatic heterocycles. The van der Waals surface area contributed by atoms with E-state index in [2.05, 4.69) is 301 Å². The molecule has 1 heterocycles. The van der Waals surface area contributed by atoms with Crippen molar-refractivity contribution >= 4 is 89.2 Å². The zero-order valence-electron chi connectivity index (χ0n) is 39.1. The van der Waals surface area contributed by atoms with E-state index in [1.54, 1.807) is 0 Å². The minimum Gasteiger partial charge on any atom is -0.310 e. The number of benzene rings is 12. The summed E-state index contributed by atoms with van der Waals surface area (Å²) in [6.07, 6.45) is 0. The van der Waals surface area contributed by atoms with E-state index < -0.39 is 8.07 Å². The fraction of sp³-hybridized carbons (Fsp3) is 0. The highest BCUT2D eigenvalue weighted by atomic mass is 28.3. The molecule has 2 nitrogen and oxygen atoms in total. The van der Waals surface area contributed by atoms with Crippen LogP contribution in [-0.2, 0) is 0 Å². The van der Waals surface area contributed by atoms with Crippen molar-refractivity contribution < 1.29 is 0 Å². The summed E-state index contributed by atoms with van der Waals surface area (Å²) in [5, 5.41) is 12.8. The highest BCUT2D eigenvalue weighted by molar-refractivity contribution is 7.19. The van der Waals surface area contributed by atoms with E-state index in [9.17, 15) is 0 Å². The third-order valence-corrected chi connectivity index (χ3v) is 19.3. The number of rotatable bonds is 10. The smallest absolute Gasteiger partial charge is 0.179 e. The average molecular weight is 921 g/mol. The topological polar surface area (TPSA) is 8.17 Å². The number of para-hydroxylation sites is 2. The highest BCUT2D eigenvalue weighted by Gasteiger charge is 2.41. The molecule has 0 saturated carbocycles. The molecule has 0 unspecified atom stereocenters. The SMILES string of the molecule is c1ccc(-n2c3ccccc3c3c(-c4ccc5ccc(N(c6ccc(-c7cccc8ccccc78)cc6)c6ccc([Si](c7ccccc7)(c7ccccc7)c7ccccc7)cc6)cc5c4)cccc32)cc1. The van der Waals surface area contributed by atoms with Gasteiger partial charge in [0.15, 0.2) is 8.07 Å². The van der Waals surface area contributed by atoms with Crippen molar-refractivity contribution in [1.29, 1.82) is 0 Å². The zero-order valence-corrected chi connectivity index (χ0v) is 40.1. The van der Waals surface area contributed by atoms with E-state index in [0.29, 0.717) is 0 Å². The number of anilines is 3. The predicted octanol–water partition coefficient (Wildman–Crippen LogP) is 15.3. The van der Waals surface area contributed by atoms with Gasteiger partial charge in [-0.15, -0.1) is 0 Å². The first-order chi connectivity index (χ1) is 35.2. The Morgan fingerprint density at radius 3 is 1.44 bits per heavy atom. The third kappa shape index (κ3) is 7.26. The minimum absolute atomic E-state index is 1.09. The summed E-state index contributed by atoms with van der Waals surface area (Å²) >= 11 is 0. The van der Waals surface area contributed by atoms with E-state index in [-0.39, 0.29) is 0 Å². The maximum Gasteiger partial charge on any atom is 0.179 e. The van der Waals surface area contributed by atoms with Gasteiger partial charge in [-0.2, -0.15) is 0 Å². The molecule has 0 bridgehead atoms. The van der Waals surface area contributed by atoms with Gasteiger partial charge < -0.3 is 9.47 Å². The van der Waals surface area contributed by atoms with E-state index in [4.69, 9.17) is 0 Å². The van der Waals surface area contributed by atoms with Crippen LogP contribution in [0, 0.1) is 0 Å². The van der Waals surface area contributed by atoms with Crippen LogP contribution in [-0.4, -0.2) is 12.6 Å². The first kappa shape index (κ1) is 42.1. The number of hydrogen-bond acceptors (Lipinski definition) is 1. The van der Waals surface area contributed by atoms with E-state index in [0.717, 1.165) is 22.7 Å². The lowest BCUT2D eigenvalue weighted by Crippen LogP contribution is -2.74. The second kappa shape index (κ2) is 17.8. The molecule has 0 amide bonds. The average Bonchev–Trinajstić information content (AvgIpc) is 3.79. The maximum absolute atomic E-state index is 2.73. The second-order valence-corrected chi connectivity index (χ2v) is 22.2. The normalized spacial score (nSPS) is 11.7. The predicted molar refractivity (Wildman–Crippen MR) is 305 cm³/mol. The molecular weight excluding hydrogens is 873 g/mol. The molecule has 12 aromatic carbocycles. The summed E-state index contributed by atoms with van der Waals surface area (Å²) in [6.45, 7) is 0. The molecule has 0 aliphatic rings. The van der Waals surface area contributed by atoms with Gasteiger partial charge in [0.05, 0.1) is 11.0 Å². The molecule has 1 aromatic heterocycles. The fourth-order valence-electron chi connectivity index (χ4n) is 11.3. The Hall–Kier alpha value is -9.02. The Balaban J connectivity index is 0.973. The summed E-state index contributed by atoms with van der Waals surface area (Å²) in [7, 11) is -2.73. The van der Waals surface area contributed by atoms with Crippen LogP contribution in [0.1, 0.15) is 0 Å². The Labute approximate surface area is 415 Å². The van der Waals surface area contributed by atoms with Gasteiger partial charge in [-0.05, 0) is 131 Å². The van der Waals surface area contributed by atoms with Gasteiger partial charge in [0.1, 0.15) is 0 Å². The van der Waals surface area contributed by atoms with Gasteiger partial charge in [0.25, 0.3) is 0 Å². The molecule has 71 heavy (non-hydrogen) atoms. The van der Waals surface area contributed by atoms with Crippen LogP contribution in [0.3, 0.4) is 0 Å². The molecule has 0 atom stereocenters. The van der Waals surface area contributed by atoms with E-state index >= 15 is 0 Å². The van der Waals surface area contributed by atoms with Crippen LogP contribution in [0.5, 0.6) is 0 Å². The number of aromatic nitrogens is 1. The fourth-order valence-corrected chi connectivity index (χ4v) is 16.0. The monoisotopic (exact) mass is 920 g/mol. The third-order valence-electron chi connectivity index (χ3n) is 14.5. The lowest BCUT2D eigenvalue weighted by molar-refractivity contribution is 1.18. The van der Waals surface area contributed by atoms with Gasteiger partial charge in [-0.1, -0.05) is 224 Å². The molecule has 0 N–H and O–H groups in total. The largest absolute Gasteiger partial charge is 0.310 e. The Morgan fingerprint density at radius 2 is 0.761 bits per heavy atom. The van der Waals surface area contributed by atoms with E-state index in [1.807, 2.05) is 0 Å². The van der Waals surface area contributed by atoms with Crippen molar-refractivity contribution in [3.05, 3.63) is 291 Å². The molecule has 3 heteroatoms. The zero-order chi connectivity index (χ0) is 47.1. The highest BCUT2D eigenvalue weighted by Crippen LogP contribution is 2.41. The Kier molecular flexibility index (Phi) is 10.6. The molecule has 0 fully saturated rings. The summed E-state index contributed by atoms with van der Waals surface area (Å²) in [5.41, 5.74) is 11.7. The van der Waals surface area contributed by atoms with Gasteiger partial charge in [-0.25, -0.2) is 0 Å². The van der Waals surface area contributed by atoms with Gasteiger partial charge in [-0.3, -0.25) is 0 Å². The summed E-state index contributed by atoms with van der Waals surface area (Å²) in [5.74, 6) is 0. The summed E-state index contributed by atoms with van der Waals surface area (Å²) in [6, 6.07) is 107. The van der Waals surface area contributed by atoms with Crippen molar-refractivity contribution in [1.82, 2.24) is 4.57 Å². The molecular formula is C68H48N2Si. The van der Waals surface area contributed by atoms with E-state index in [1.165, 1.54) is 86.4 Å². The lowest BCUT2D eigenvalue weighted by Gasteiger charge is -2.35. The molecule has 334 valence electrons. The lowest BCUT2D eigenvalue weighted by atomic mass is 9.96. The van der Waals surface area contributed by atoms with Crippen LogP contribution in [0.2, 0.25) is 0 Å². The molecule has 0 aliphatic carbocycles. The molecule has 0 spiro atoms. The maximum atomic E-state index is 2.42. The van der Waals surface area contributed by atoms with Crippen molar-refractivity contribution in [2.45, 2.75) is 0 Å². The first-order valence-corrected chi connectivity index (χ1v) is 26.5. The Bertz CT molecular complexity index is 3910. The second-order valence-electron chi connectivity index (χ2n) is 18.4. The standard InChI is InChI=1S/C68H48N2Si/c1-5-21-54(22-6-1)70-66-33-16-15-30-65(66)68-64(32-18-34-67(68)70)52-36-35-49-37-42-57(48-53(49)47-52)69(55-40-38-51(39-41-55)63-31-17-20-50-19-13-14-29-62(50)63)56-43-45-61(46-44-56)71(58-23-7-2-8-24-58,59-25-9-3-10-26-59)60-27-11-4-12-28-60/h1-48H. The van der Waals surface area contributed by atoms with Crippen LogP contribution >= 0.6 is 0 Å². The van der Waals surface area contributed by atoms with Crippen molar-refractivity contribution in [3.63, 3.8) is 0 Å². The first-order valence-electron chi connectivity index (χ1n) is 24.5. The minimum atomic E-state index is -2.73. The van der Waals surface area contributed by atoms with Crippen LogP contribution < -0.4 is 25.6 Å². The number of hydrogen-bond donors (Lipinski definition) is 0. The van der Waals surface area contributed by atoms with Gasteiger partial charge >= 0.3 is 0 Å². The van der Waals surface area contributed by atoms with Gasteiger partial charge in [0.2, 0.25) is 0 Å². The van der Waals surface area contributed by atoms with Crippen molar-refractivity contribution in [3.8, 4) is 27.9 Å². The van der Waals surface area contributed by atoms with Crippen molar-refractivity contribution in [2.24, 2.45) is 0 Å². The van der Waals surface area contributed by atoms with Crippen LogP contribution in [0.15, 0.2) is 291 Å². The van der Waals surface area contributed by atoms with Crippen LogP contribution in [0.25, 0.3) is 71.3 Å².